The molecule has 6 rings (SSSR count). The van der Waals surface area contributed by atoms with Crippen molar-refractivity contribution >= 4 is 38.6 Å². The van der Waals surface area contributed by atoms with Gasteiger partial charge in [0.15, 0.2) is 5.65 Å². The van der Waals surface area contributed by atoms with Crippen molar-refractivity contribution in [3.8, 4) is 5.75 Å². The molecular weight excluding hydrogens is 626 g/mol. The third-order valence-corrected chi connectivity index (χ3v) is 9.41. The number of alkyl halides is 2. The molecule has 2 aromatic carbocycles. The van der Waals surface area contributed by atoms with Gasteiger partial charge in [0.1, 0.15) is 18.3 Å². The highest BCUT2D eigenvalue weighted by Crippen LogP contribution is 2.34. The summed E-state index contributed by atoms with van der Waals surface area (Å²) in [6.07, 6.45) is 5.31. The average Bonchev–Trinajstić information content (AvgIpc) is 3.62. The molecule has 0 bridgehead atoms. The van der Waals surface area contributed by atoms with E-state index in [1.54, 1.807) is 11.6 Å². The first kappa shape index (κ1) is 32.9. The molecule has 4 heterocycles. The first-order valence-electron chi connectivity index (χ1n) is 15.6. The number of para-hydroxylation sites is 2. The van der Waals surface area contributed by atoms with Gasteiger partial charge in [0.25, 0.3) is 0 Å². The Morgan fingerprint density at radius 1 is 0.979 bits per heavy atom. The van der Waals surface area contributed by atoms with Gasteiger partial charge in [-0.2, -0.15) is 19.6 Å². The van der Waals surface area contributed by atoms with E-state index in [0.717, 1.165) is 33.9 Å². The molecule has 0 amide bonds. The molecule has 1 aliphatic heterocycles. The smallest absolute Gasteiger partial charge is 0.242 e. The van der Waals surface area contributed by atoms with Crippen molar-refractivity contribution in [3.05, 3.63) is 71.7 Å². The van der Waals surface area contributed by atoms with E-state index in [9.17, 15) is 8.78 Å². The quantitative estimate of drug-likeness (QED) is 0.152. The van der Waals surface area contributed by atoms with Crippen molar-refractivity contribution in [3.63, 3.8) is 0 Å². The van der Waals surface area contributed by atoms with Gasteiger partial charge in [-0.3, -0.25) is 0 Å². The highest BCUT2D eigenvalue weighted by molar-refractivity contribution is 8.32. The van der Waals surface area contributed by atoms with Crippen LogP contribution in [0.4, 0.5) is 20.7 Å². The number of fused-ring (bicyclic) bond motifs is 2. The molecule has 0 radical (unpaired) electrons. The van der Waals surface area contributed by atoms with Gasteiger partial charge in [-0.15, -0.1) is 0 Å². The zero-order chi connectivity index (χ0) is 33.0. The summed E-state index contributed by atoms with van der Waals surface area (Å²) in [6.45, 7) is 4.02. The second-order valence-corrected chi connectivity index (χ2v) is 17.0. The summed E-state index contributed by atoms with van der Waals surface area (Å²) in [5.41, 5.74) is 3.55. The molecule has 1 saturated heterocycles. The summed E-state index contributed by atoms with van der Waals surface area (Å²) in [6, 6.07) is 15.8. The molecule has 252 valence electrons. The van der Waals surface area contributed by atoms with Crippen LogP contribution in [0.25, 0.3) is 16.7 Å². The largest absolute Gasteiger partial charge is 0.497 e. The lowest BCUT2D eigenvalue weighted by Crippen LogP contribution is -2.38. The SMILES string of the molecule is COc1ccc(CN(Cc2nc3ccccc3n2COCCS(C)(C)C)c2nc(N3CCOCC3)nc3c(CC(F)F)cnn23)cc1. The Hall–Kier alpha value is -4.01. The van der Waals surface area contributed by atoms with Crippen molar-refractivity contribution in [1.82, 2.24) is 29.1 Å². The highest BCUT2D eigenvalue weighted by atomic mass is 32.3. The summed E-state index contributed by atoms with van der Waals surface area (Å²) in [7, 11) is 0.933. The normalized spacial score (nSPS) is 14.4. The van der Waals surface area contributed by atoms with Crippen LogP contribution in [0.1, 0.15) is 17.0 Å². The van der Waals surface area contributed by atoms with Gasteiger partial charge < -0.3 is 28.6 Å². The van der Waals surface area contributed by atoms with Crippen LogP contribution in [0.2, 0.25) is 0 Å². The van der Waals surface area contributed by atoms with E-state index in [4.69, 9.17) is 29.2 Å². The van der Waals surface area contributed by atoms with Gasteiger partial charge in [-0.25, -0.2) is 23.8 Å². The number of methoxy groups -OCH3 is 1. The third-order valence-electron chi connectivity index (χ3n) is 8.02. The van der Waals surface area contributed by atoms with Crippen LogP contribution in [-0.2, 0) is 35.7 Å². The maximum absolute atomic E-state index is 13.7. The van der Waals surface area contributed by atoms with Crippen LogP contribution in [0.15, 0.2) is 54.7 Å². The zero-order valence-electron chi connectivity index (χ0n) is 27.3. The molecule has 1 aliphatic rings. The van der Waals surface area contributed by atoms with E-state index < -0.39 is 22.9 Å². The van der Waals surface area contributed by atoms with E-state index >= 15 is 0 Å². The summed E-state index contributed by atoms with van der Waals surface area (Å²) >= 11 is 0. The third kappa shape index (κ3) is 7.94. The van der Waals surface area contributed by atoms with Gasteiger partial charge in [0.2, 0.25) is 18.3 Å². The molecule has 11 nitrogen and oxygen atoms in total. The Kier molecular flexibility index (Phi) is 10.1. The number of nitrogens with zero attached hydrogens (tertiary/aromatic N) is 8. The molecule has 1 fully saturated rings. The molecule has 0 N–H and O–H groups in total. The van der Waals surface area contributed by atoms with E-state index in [0.29, 0.717) is 75.8 Å². The fraction of sp³-hybridized carbons (Fsp3) is 0.455. The first-order chi connectivity index (χ1) is 22.7. The zero-order valence-corrected chi connectivity index (χ0v) is 28.1. The van der Waals surface area contributed by atoms with Crippen LogP contribution in [0.5, 0.6) is 5.75 Å². The van der Waals surface area contributed by atoms with Crippen molar-refractivity contribution in [1.29, 1.82) is 0 Å². The van der Waals surface area contributed by atoms with Gasteiger partial charge in [0, 0.05) is 37.4 Å². The fourth-order valence-electron chi connectivity index (χ4n) is 5.49. The van der Waals surface area contributed by atoms with Crippen LogP contribution in [-0.4, -0.2) is 100 Å². The monoisotopic (exact) mass is 668 g/mol. The predicted molar refractivity (Wildman–Crippen MR) is 182 cm³/mol. The summed E-state index contributed by atoms with van der Waals surface area (Å²) in [4.78, 5) is 18.9. The van der Waals surface area contributed by atoms with Gasteiger partial charge in [-0.1, -0.05) is 24.3 Å². The number of halogens is 2. The Labute approximate surface area is 274 Å². The van der Waals surface area contributed by atoms with Crippen molar-refractivity contribution < 1.29 is 23.0 Å². The lowest BCUT2D eigenvalue weighted by atomic mass is 10.2. The standard InChI is InChI=1S/C33H42F2N8O3S/c1-44-26-11-9-24(10-12-26)21-41(22-30-37-27-7-5-6-8-28(27)42(30)23-46-17-18-47(2,3)4)33-39-32(40-13-15-45-16-14-40)38-31-25(19-29(34)35)20-36-43(31)33/h5-12,20,29H,13-19,21-23H2,1-4H3. The predicted octanol–water partition coefficient (Wildman–Crippen LogP) is 5.00. The maximum atomic E-state index is 13.7. The Morgan fingerprint density at radius 3 is 2.47 bits per heavy atom. The Bertz CT molecular complexity index is 1780. The van der Waals surface area contributed by atoms with Gasteiger partial charge >= 0.3 is 0 Å². The number of benzene rings is 2. The Morgan fingerprint density at radius 2 is 1.74 bits per heavy atom. The topological polar surface area (TPSA) is 95.1 Å². The number of hydrogen-bond donors (Lipinski definition) is 0. The maximum Gasteiger partial charge on any atom is 0.242 e. The number of hydrogen-bond acceptors (Lipinski definition) is 9. The van der Waals surface area contributed by atoms with Crippen LogP contribution in [0, 0.1) is 0 Å². The second kappa shape index (κ2) is 14.4. The van der Waals surface area contributed by atoms with Crippen LogP contribution >= 0.6 is 10.0 Å². The minimum absolute atomic E-state index is 0.341. The molecular formula is C33H42F2N8O3S. The van der Waals surface area contributed by atoms with E-state index in [2.05, 4.69) is 33.3 Å². The van der Waals surface area contributed by atoms with Crippen LogP contribution in [0.3, 0.4) is 0 Å². The number of rotatable bonds is 14. The number of morpholine rings is 1. The van der Waals surface area contributed by atoms with Crippen molar-refractivity contribution in [2.24, 2.45) is 0 Å². The second-order valence-electron chi connectivity index (χ2n) is 12.4. The molecule has 14 heteroatoms. The van der Waals surface area contributed by atoms with E-state index in [-0.39, 0.29) is 0 Å². The van der Waals surface area contributed by atoms with E-state index in [1.165, 1.54) is 6.20 Å². The molecule has 0 unspecified atom stereocenters. The minimum Gasteiger partial charge on any atom is -0.497 e. The molecule has 0 aliphatic carbocycles. The lowest BCUT2D eigenvalue weighted by molar-refractivity contribution is 0.0903. The highest BCUT2D eigenvalue weighted by Gasteiger charge is 2.25. The number of ether oxygens (including phenoxy) is 3. The number of imidazole rings is 1. The lowest BCUT2D eigenvalue weighted by Gasteiger charge is -2.29. The molecule has 0 spiro atoms. The van der Waals surface area contributed by atoms with Gasteiger partial charge in [0.05, 0.1) is 50.7 Å². The number of anilines is 2. The average molecular weight is 669 g/mol. The summed E-state index contributed by atoms with van der Waals surface area (Å²) in [5.74, 6) is 3.46. The van der Waals surface area contributed by atoms with Crippen molar-refractivity contribution in [2.45, 2.75) is 32.7 Å². The molecule has 5 aromatic rings. The molecule has 0 saturated carbocycles. The minimum atomic E-state index is -2.54. The molecule has 0 atom stereocenters. The molecule has 47 heavy (non-hydrogen) atoms. The van der Waals surface area contributed by atoms with Crippen LogP contribution < -0.4 is 14.5 Å². The Balaban J connectivity index is 1.44. The number of aromatic nitrogens is 6. The van der Waals surface area contributed by atoms with E-state index in [1.807, 2.05) is 53.4 Å². The van der Waals surface area contributed by atoms with Gasteiger partial charge in [-0.05, 0) is 48.6 Å². The molecule has 3 aromatic heterocycles. The fourth-order valence-corrected chi connectivity index (χ4v) is 6.11. The summed E-state index contributed by atoms with van der Waals surface area (Å²) < 4.78 is 48.2. The summed E-state index contributed by atoms with van der Waals surface area (Å²) in [5, 5.41) is 4.54. The first-order valence-corrected chi connectivity index (χ1v) is 18.6. The van der Waals surface area contributed by atoms with Crippen molar-refractivity contribution in [2.75, 3.05) is 74.3 Å².